The number of hydrogen-bond acceptors (Lipinski definition) is 2. The van der Waals surface area contributed by atoms with E-state index >= 15 is 0 Å². The largest absolute Gasteiger partial charge is 0.493 e. The predicted molar refractivity (Wildman–Crippen MR) is 66.1 cm³/mol. The van der Waals surface area contributed by atoms with Crippen molar-refractivity contribution >= 4 is 11.8 Å². The van der Waals surface area contributed by atoms with Gasteiger partial charge >= 0.3 is 6.18 Å². The second-order valence-electron chi connectivity index (χ2n) is 4.50. The number of thioether (sulfide) groups is 1. The molecule has 0 saturated heterocycles. The van der Waals surface area contributed by atoms with Crippen molar-refractivity contribution in [3.05, 3.63) is 23.8 Å². The lowest BCUT2D eigenvalue weighted by Crippen LogP contribution is -2.19. The number of rotatable bonds is 4. The molecule has 0 N–H and O–H groups in total. The van der Waals surface area contributed by atoms with Crippen molar-refractivity contribution in [2.75, 3.05) is 12.9 Å². The van der Waals surface area contributed by atoms with Gasteiger partial charge in [-0.3, -0.25) is 0 Å². The molecule has 1 aliphatic rings. The van der Waals surface area contributed by atoms with Crippen LogP contribution in [0.25, 0.3) is 0 Å². The van der Waals surface area contributed by atoms with E-state index in [1.54, 1.807) is 12.3 Å². The van der Waals surface area contributed by atoms with Gasteiger partial charge in [0.15, 0.2) is 0 Å². The van der Waals surface area contributed by atoms with Crippen LogP contribution in [0.3, 0.4) is 0 Å². The van der Waals surface area contributed by atoms with Crippen LogP contribution in [-0.4, -0.2) is 12.9 Å². The van der Waals surface area contributed by atoms with Crippen molar-refractivity contribution in [3.63, 3.8) is 0 Å². The Kier molecular flexibility index (Phi) is 4.10. The average Bonchev–Trinajstić information content (AvgIpc) is 2.25. The van der Waals surface area contributed by atoms with E-state index in [1.807, 2.05) is 0 Å². The molecule has 0 spiro atoms. The van der Waals surface area contributed by atoms with E-state index < -0.39 is 11.7 Å². The maximum Gasteiger partial charge on any atom is 0.416 e. The number of hydrogen-bond donors (Lipinski definition) is 0. The highest BCUT2D eigenvalue weighted by Gasteiger charge is 2.31. The zero-order valence-corrected chi connectivity index (χ0v) is 10.9. The molecule has 0 radical (unpaired) electrons. The van der Waals surface area contributed by atoms with Crippen LogP contribution in [0.15, 0.2) is 23.1 Å². The van der Waals surface area contributed by atoms with Crippen LogP contribution in [0.4, 0.5) is 13.2 Å². The van der Waals surface area contributed by atoms with Crippen molar-refractivity contribution in [2.45, 2.75) is 30.3 Å². The van der Waals surface area contributed by atoms with Crippen LogP contribution < -0.4 is 4.74 Å². The molecular weight excluding hydrogens is 261 g/mol. The van der Waals surface area contributed by atoms with Crippen LogP contribution in [0.1, 0.15) is 24.8 Å². The van der Waals surface area contributed by atoms with Gasteiger partial charge in [-0.2, -0.15) is 13.2 Å². The van der Waals surface area contributed by atoms with Crippen molar-refractivity contribution < 1.29 is 17.9 Å². The maximum atomic E-state index is 12.7. The normalized spacial score (nSPS) is 16.4. The Bertz CT molecular complexity index is 413. The first kappa shape index (κ1) is 13.6. The number of alkyl halides is 3. The van der Waals surface area contributed by atoms with Crippen molar-refractivity contribution in [2.24, 2.45) is 5.92 Å². The average molecular weight is 276 g/mol. The van der Waals surface area contributed by atoms with Gasteiger partial charge in [-0.1, -0.05) is 6.42 Å². The van der Waals surface area contributed by atoms with E-state index in [-0.39, 0.29) is 0 Å². The predicted octanol–water partition coefficient (Wildman–Crippen LogP) is 4.61. The zero-order valence-electron chi connectivity index (χ0n) is 10.1. The lowest BCUT2D eigenvalue weighted by atomic mass is 9.86. The fourth-order valence-corrected chi connectivity index (χ4v) is 2.29. The quantitative estimate of drug-likeness (QED) is 0.743. The Balaban J connectivity index is 2.12. The first-order valence-corrected chi connectivity index (χ1v) is 7.10. The molecule has 1 aromatic carbocycles. The van der Waals surface area contributed by atoms with E-state index in [0.29, 0.717) is 23.2 Å². The smallest absolute Gasteiger partial charge is 0.416 e. The molecule has 0 aromatic heterocycles. The third-order valence-electron chi connectivity index (χ3n) is 3.15. The Hall–Kier alpha value is -0.840. The highest BCUT2D eigenvalue weighted by atomic mass is 32.2. The summed E-state index contributed by atoms with van der Waals surface area (Å²) in [7, 11) is 0. The third kappa shape index (κ3) is 3.34. The van der Waals surface area contributed by atoms with Gasteiger partial charge in [0.1, 0.15) is 5.75 Å². The molecule has 0 atom stereocenters. The molecule has 2 rings (SSSR count). The summed E-state index contributed by atoms with van der Waals surface area (Å²) in [4.78, 5) is 0.577. The Morgan fingerprint density at radius 3 is 2.50 bits per heavy atom. The van der Waals surface area contributed by atoms with Gasteiger partial charge in [-0.25, -0.2) is 0 Å². The monoisotopic (exact) mass is 276 g/mol. The van der Waals surface area contributed by atoms with Gasteiger partial charge in [-0.15, -0.1) is 11.8 Å². The fraction of sp³-hybridized carbons (Fsp3) is 0.538. The zero-order chi connectivity index (χ0) is 13.2. The summed E-state index contributed by atoms with van der Waals surface area (Å²) in [5.74, 6) is 0.832. The van der Waals surface area contributed by atoms with Gasteiger partial charge in [0.25, 0.3) is 0 Å². The molecule has 18 heavy (non-hydrogen) atoms. The second kappa shape index (κ2) is 5.43. The van der Waals surface area contributed by atoms with Crippen LogP contribution in [0.5, 0.6) is 5.75 Å². The van der Waals surface area contributed by atoms with E-state index in [4.69, 9.17) is 4.74 Å². The molecule has 0 unspecified atom stereocenters. The molecule has 100 valence electrons. The minimum Gasteiger partial charge on any atom is -0.493 e. The lowest BCUT2D eigenvalue weighted by molar-refractivity contribution is -0.137. The Morgan fingerprint density at radius 2 is 2.00 bits per heavy atom. The molecule has 5 heteroatoms. The summed E-state index contributed by atoms with van der Waals surface area (Å²) in [6.07, 6.45) is 0.876. The molecule has 0 heterocycles. The van der Waals surface area contributed by atoms with Gasteiger partial charge in [-0.05, 0) is 43.2 Å². The van der Waals surface area contributed by atoms with Crippen molar-refractivity contribution in [1.29, 1.82) is 0 Å². The Morgan fingerprint density at radius 1 is 1.28 bits per heavy atom. The number of halogens is 3. The van der Waals surface area contributed by atoms with Crippen LogP contribution in [-0.2, 0) is 6.18 Å². The summed E-state index contributed by atoms with van der Waals surface area (Å²) in [5, 5.41) is 0. The van der Waals surface area contributed by atoms with Gasteiger partial charge in [0, 0.05) is 4.90 Å². The SMILES string of the molecule is CSc1cc(OCC2CCC2)cc(C(F)(F)F)c1. The summed E-state index contributed by atoms with van der Waals surface area (Å²) in [6, 6.07) is 3.90. The fourth-order valence-electron chi connectivity index (χ4n) is 1.81. The molecule has 0 aliphatic heterocycles. The Labute approximate surface area is 109 Å². The van der Waals surface area contributed by atoms with E-state index in [1.165, 1.54) is 18.2 Å². The number of ether oxygens (including phenoxy) is 1. The molecule has 1 fully saturated rings. The minimum atomic E-state index is -4.32. The van der Waals surface area contributed by atoms with Gasteiger partial charge < -0.3 is 4.74 Å². The molecule has 1 aromatic rings. The topological polar surface area (TPSA) is 9.23 Å². The first-order chi connectivity index (χ1) is 8.49. The number of benzene rings is 1. The minimum absolute atomic E-state index is 0.320. The van der Waals surface area contributed by atoms with E-state index in [2.05, 4.69) is 0 Å². The highest BCUT2D eigenvalue weighted by Crippen LogP contribution is 2.35. The van der Waals surface area contributed by atoms with E-state index in [9.17, 15) is 13.2 Å². The van der Waals surface area contributed by atoms with Gasteiger partial charge in [0.2, 0.25) is 0 Å². The maximum absolute atomic E-state index is 12.7. The van der Waals surface area contributed by atoms with Gasteiger partial charge in [0.05, 0.1) is 12.2 Å². The summed E-state index contributed by atoms with van der Waals surface area (Å²) in [6.45, 7) is 0.523. The molecule has 1 nitrogen and oxygen atoms in total. The summed E-state index contributed by atoms with van der Waals surface area (Å²) in [5.41, 5.74) is -0.641. The van der Waals surface area contributed by atoms with Crippen LogP contribution in [0, 0.1) is 5.92 Å². The van der Waals surface area contributed by atoms with Crippen LogP contribution >= 0.6 is 11.8 Å². The van der Waals surface area contributed by atoms with E-state index in [0.717, 1.165) is 25.0 Å². The lowest BCUT2D eigenvalue weighted by Gasteiger charge is -2.25. The first-order valence-electron chi connectivity index (χ1n) is 5.88. The highest BCUT2D eigenvalue weighted by molar-refractivity contribution is 7.98. The molecule has 1 saturated carbocycles. The van der Waals surface area contributed by atoms with Crippen molar-refractivity contribution in [1.82, 2.24) is 0 Å². The standard InChI is InChI=1S/C13H15F3OS/c1-18-12-6-10(13(14,15)16)5-11(7-12)17-8-9-3-2-4-9/h5-7,9H,2-4,8H2,1H3. The molecule has 0 bridgehead atoms. The second-order valence-corrected chi connectivity index (χ2v) is 5.38. The molecule has 1 aliphatic carbocycles. The molecular formula is C13H15F3OS. The summed E-state index contributed by atoms with van der Waals surface area (Å²) < 4.78 is 43.6. The summed E-state index contributed by atoms with van der Waals surface area (Å²) >= 11 is 1.29. The third-order valence-corrected chi connectivity index (χ3v) is 3.86. The molecule has 0 amide bonds. The van der Waals surface area contributed by atoms with Crippen molar-refractivity contribution in [3.8, 4) is 5.75 Å². The van der Waals surface area contributed by atoms with Crippen LogP contribution in [0.2, 0.25) is 0 Å².